The summed E-state index contributed by atoms with van der Waals surface area (Å²) in [6.07, 6.45) is 5.75. The topological polar surface area (TPSA) is 78.9 Å². The van der Waals surface area contributed by atoms with Gasteiger partial charge in [-0.3, -0.25) is 0 Å². The van der Waals surface area contributed by atoms with Crippen LogP contribution >= 0.6 is 0 Å². The fourth-order valence-corrected chi connectivity index (χ4v) is 3.91. The molecule has 0 spiro atoms. The fraction of sp³-hybridized carbons (Fsp3) is 0.474. The second-order valence-electron chi connectivity index (χ2n) is 7.21. The van der Waals surface area contributed by atoms with Crippen molar-refractivity contribution in [3.05, 3.63) is 47.2 Å². The Balaban J connectivity index is 1.37. The number of benzene rings is 1. The molecule has 2 aromatic heterocycles. The zero-order valence-electron chi connectivity index (χ0n) is 14.8. The van der Waals surface area contributed by atoms with Crippen LogP contribution in [0.5, 0.6) is 0 Å². The lowest BCUT2D eigenvalue weighted by molar-refractivity contribution is -0.00120. The van der Waals surface area contributed by atoms with E-state index in [-0.39, 0.29) is 11.9 Å². The van der Waals surface area contributed by atoms with Gasteiger partial charge >= 0.3 is 0 Å². The highest BCUT2D eigenvalue weighted by Gasteiger charge is 2.29. The second-order valence-corrected chi connectivity index (χ2v) is 7.21. The van der Waals surface area contributed by atoms with E-state index in [0.29, 0.717) is 30.7 Å². The predicted molar refractivity (Wildman–Crippen MR) is 93.1 cm³/mol. The number of halogens is 1. The van der Waals surface area contributed by atoms with Gasteiger partial charge in [0.05, 0.1) is 18.8 Å². The van der Waals surface area contributed by atoms with E-state index in [9.17, 15) is 4.39 Å². The van der Waals surface area contributed by atoms with Gasteiger partial charge in [-0.2, -0.15) is 4.98 Å². The highest BCUT2D eigenvalue weighted by atomic mass is 19.1. The summed E-state index contributed by atoms with van der Waals surface area (Å²) in [5.41, 5.74) is 2.32. The van der Waals surface area contributed by atoms with Crippen LogP contribution in [0.4, 0.5) is 4.39 Å². The minimum Gasteiger partial charge on any atom is -0.365 e. The molecule has 0 unspecified atom stereocenters. The summed E-state index contributed by atoms with van der Waals surface area (Å²) in [6, 6.07) is 6.34. The molecule has 1 aromatic carbocycles. The van der Waals surface area contributed by atoms with E-state index in [0.717, 1.165) is 29.9 Å². The first-order valence-corrected chi connectivity index (χ1v) is 9.41. The minimum absolute atomic E-state index is 0.187. The Bertz CT molecular complexity index is 930. The Hall–Kier alpha value is -2.61. The van der Waals surface area contributed by atoms with Crippen LogP contribution in [0.2, 0.25) is 0 Å². The number of nitrogens with zero attached hydrogens (tertiary/aromatic N) is 5. The van der Waals surface area contributed by atoms with Gasteiger partial charge in [0.1, 0.15) is 11.9 Å². The summed E-state index contributed by atoms with van der Waals surface area (Å²) in [5, 5.41) is 12.7. The smallest absolute Gasteiger partial charge is 0.280 e. The van der Waals surface area contributed by atoms with Crippen molar-refractivity contribution in [1.29, 1.82) is 0 Å². The largest absolute Gasteiger partial charge is 0.365 e. The third-order valence-corrected chi connectivity index (χ3v) is 5.45. The number of aromatic nitrogens is 5. The quantitative estimate of drug-likeness (QED) is 0.699. The minimum atomic E-state index is -0.261. The number of fused-ring (bicyclic) bond motifs is 1. The maximum atomic E-state index is 13.1. The average molecular weight is 369 g/mol. The molecule has 2 aliphatic rings. The van der Waals surface area contributed by atoms with Crippen LogP contribution in [0, 0.1) is 5.82 Å². The molecular weight excluding hydrogens is 349 g/mol. The van der Waals surface area contributed by atoms with E-state index in [1.807, 2.05) is 0 Å². The van der Waals surface area contributed by atoms with E-state index >= 15 is 0 Å². The zero-order chi connectivity index (χ0) is 18.2. The molecule has 0 saturated heterocycles. The number of rotatable bonds is 3. The molecule has 1 aliphatic heterocycles. The van der Waals surface area contributed by atoms with Crippen LogP contribution in [0.1, 0.15) is 61.2 Å². The standard InChI is InChI=1S/C19H20FN5O2/c20-14-8-6-12(7-9-14)16-10-25-15(11-26-16)17(22-24-25)19-21-18(23-27-19)13-4-2-1-3-5-13/h6-9,13,16H,1-5,10-11H2/t16-/m1/s1. The molecule has 27 heavy (non-hydrogen) atoms. The van der Waals surface area contributed by atoms with E-state index in [1.165, 1.54) is 31.4 Å². The summed E-state index contributed by atoms with van der Waals surface area (Å²) in [6.45, 7) is 0.850. The van der Waals surface area contributed by atoms with Crippen molar-refractivity contribution < 1.29 is 13.7 Å². The van der Waals surface area contributed by atoms with Gasteiger partial charge in [0, 0.05) is 5.92 Å². The Morgan fingerprint density at radius 2 is 1.89 bits per heavy atom. The zero-order valence-corrected chi connectivity index (χ0v) is 14.8. The lowest BCUT2D eigenvalue weighted by atomic mass is 9.89. The molecule has 8 heteroatoms. The van der Waals surface area contributed by atoms with Crippen molar-refractivity contribution in [3.63, 3.8) is 0 Å². The van der Waals surface area contributed by atoms with Crippen molar-refractivity contribution in [1.82, 2.24) is 25.1 Å². The van der Waals surface area contributed by atoms with E-state index in [1.54, 1.807) is 16.8 Å². The van der Waals surface area contributed by atoms with Gasteiger partial charge in [0.2, 0.25) is 0 Å². The molecule has 1 atom stereocenters. The van der Waals surface area contributed by atoms with Gasteiger partial charge in [0.15, 0.2) is 11.5 Å². The Morgan fingerprint density at radius 3 is 2.70 bits per heavy atom. The first-order valence-electron chi connectivity index (χ1n) is 9.41. The summed E-state index contributed by atoms with van der Waals surface area (Å²) in [5.74, 6) is 1.29. The number of ether oxygens (including phenoxy) is 1. The van der Waals surface area contributed by atoms with Crippen LogP contribution in [0.15, 0.2) is 28.8 Å². The van der Waals surface area contributed by atoms with Crippen LogP contribution < -0.4 is 0 Å². The number of hydrogen-bond donors (Lipinski definition) is 0. The van der Waals surface area contributed by atoms with Gasteiger partial charge in [0.25, 0.3) is 5.89 Å². The molecule has 140 valence electrons. The molecule has 0 radical (unpaired) electrons. The van der Waals surface area contributed by atoms with Crippen molar-refractivity contribution in [3.8, 4) is 11.6 Å². The Labute approximate surface area is 155 Å². The van der Waals surface area contributed by atoms with Gasteiger partial charge in [-0.1, -0.05) is 41.8 Å². The summed E-state index contributed by atoms with van der Waals surface area (Å²) in [7, 11) is 0. The molecule has 0 N–H and O–H groups in total. The highest BCUT2D eigenvalue weighted by molar-refractivity contribution is 5.49. The number of hydrogen-bond acceptors (Lipinski definition) is 6. The molecule has 5 rings (SSSR count). The van der Waals surface area contributed by atoms with Gasteiger partial charge < -0.3 is 9.26 Å². The van der Waals surface area contributed by atoms with E-state index < -0.39 is 0 Å². The molecule has 3 heterocycles. The first kappa shape index (κ1) is 16.6. The van der Waals surface area contributed by atoms with Crippen LogP contribution in [-0.2, 0) is 17.9 Å². The summed E-state index contributed by atoms with van der Waals surface area (Å²) >= 11 is 0. The van der Waals surface area contributed by atoms with E-state index in [2.05, 4.69) is 20.5 Å². The van der Waals surface area contributed by atoms with Crippen molar-refractivity contribution >= 4 is 0 Å². The third kappa shape index (κ3) is 3.14. The van der Waals surface area contributed by atoms with Crippen LogP contribution in [-0.4, -0.2) is 25.1 Å². The highest BCUT2D eigenvalue weighted by Crippen LogP contribution is 2.33. The van der Waals surface area contributed by atoms with Crippen molar-refractivity contribution in [2.45, 2.75) is 57.3 Å². The molecule has 7 nitrogen and oxygen atoms in total. The predicted octanol–water partition coefficient (Wildman–Crippen LogP) is 3.79. The van der Waals surface area contributed by atoms with Gasteiger partial charge in [-0.25, -0.2) is 9.07 Å². The van der Waals surface area contributed by atoms with Gasteiger partial charge in [-0.05, 0) is 30.5 Å². The molecule has 0 bridgehead atoms. The lowest BCUT2D eigenvalue weighted by Crippen LogP contribution is -2.22. The van der Waals surface area contributed by atoms with E-state index in [4.69, 9.17) is 9.26 Å². The summed E-state index contributed by atoms with van der Waals surface area (Å²) < 4.78 is 26.4. The van der Waals surface area contributed by atoms with Gasteiger partial charge in [-0.15, -0.1) is 5.10 Å². The summed E-state index contributed by atoms with van der Waals surface area (Å²) in [4.78, 5) is 4.58. The monoisotopic (exact) mass is 369 g/mol. The molecule has 1 fully saturated rings. The van der Waals surface area contributed by atoms with Crippen molar-refractivity contribution in [2.75, 3.05) is 0 Å². The maximum absolute atomic E-state index is 13.1. The normalized spacial score (nSPS) is 20.6. The average Bonchev–Trinajstić information content (AvgIpc) is 3.36. The Morgan fingerprint density at radius 1 is 1.07 bits per heavy atom. The molecule has 1 saturated carbocycles. The molecule has 1 aliphatic carbocycles. The molecule has 0 amide bonds. The van der Waals surface area contributed by atoms with Crippen molar-refractivity contribution in [2.24, 2.45) is 0 Å². The molecule has 3 aromatic rings. The molecular formula is C19H20FN5O2. The van der Waals surface area contributed by atoms with Crippen LogP contribution in [0.3, 0.4) is 0 Å². The first-order chi connectivity index (χ1) is 13.3. The van der Waals surface area contributed by atoms with Crippen LogP contribution in [0.25, 0.3) is 11.6 Å². The fourth-order valence-electron chi connectivity index (χ4n) is 3.91. The second kappa shape index (κ2) is 6.84. The lowest BCUT2D eigenvalue weighted by Gasteiger charge is -2.24. The Kier molecular flexibility index (Phi) is 4.20. The third-order valence-electron chi connectivity index (χ3n) is 5.45. The SMILES string of the molecule is Fc1ccc([C@H]2Cn3nnc(-c4nc(C5CCCCC5)no4)c3CO2)cc1. The maximum Gasteiger partial charge on any atom is 0.280 e.